The number of ketones is 2. The van der Waals surface area contributed by atoms with Crippen molar-refractivity contribution in [2.45, 2.75) is 38.5 Å². The van der Waals surface area contributed by atoms with Gasteiger partial charge in [-0.3, -0.25) is 14.4 Å². The number of hydrogen-bond donors (Lipinski definition) is 2. The zero-order valence-corrected chi connectivity index (χ0v) is 19.7. The lowest BCUT2D eigenvalue weighted by atomic mass is 9.90. The summed E-state index contributed by atoms with van der Waals surface area (Å²) in [6.07, 6.45) is 0.868. The summed E-state index contributed by atoms with van der Waals surface area (Å²) in [6.45, 7) is 1.47. The highest BCUT2D eigenvalue weighted by molar-refractivity contribution is 6.12. The fraction of sp³-hybridized carbons (Fsp3) is 0.214. The minimum absolute atomic E-state index is 0.0161. The van der Waals surface area contributed by atoms with Crippen molar-refractivity contribution in [3.05, 3.63) is 95.6 Å². The minimum Gasteiger partial charge on any atom is -0.326 e. The Morgan fingerprint density at radius 2 is 1.25 bits per heavy atom. The molecule has 0 aromatic heterocycles. The molecule has 8 heteroatoms. The monoisotopic (exact) mass is 492 g/mol. The molecule has 3 aromatic rings. The molecule has 186 valence electrons. The van der Waals surface area contributed by atoms with Gasteiger partial charge in [0.25, 0.3) is 0 Å². The van der Waals surface area contributed by atoms with Crippen LogP contribution in [-0.2, 0) is 25.6 Å². The van der Waals surface area contributed by atoms with Crippen LogP contribution in [0.5, 0.6) is 0 Å². The van der Waals surface area contributed by atoms with Crippen LogP contribution in [0.2, 0.25) is 0 Å². The first-order valence-electron chi connectivity index (χ1n) is 11.4. The molecule has 1 unspecified atom stereocenters. The number of hydrogen-bond acceptors (Lipinski definition) is 4. The summed E-state index contributed by atoms with van der Waals surface area (Å²) in [5, 5.41) is 5.36. The molecule has 3 rings (SSSR count). The van der Waals surface area contributed by atoms with Gasteiger partial charge in [-0.25, -0.2) is 8.78 Å². The van der Waals surface area contributed by atoms with Crippen LogP contribution in [0, 0.1) is 11.6 Å². The molecule has 0 aliphatic rings. The van der Waals surface area contributed by atoms with Gasteiger partial charge in [0.2, 0.25) is 11.8 Å². The number of halogens is 2. The Balaban J connectivity index is 1.77. The van der Waals surface area contributed by atoms with Crippen molar-refractivity contribution >= 4 is 34.8 Å². The summed E-state index contributed by atoms with van der Waals surface area (Å²) in [5.74, 6) is -3.34. The smallest absolute Gasteiger partial charge is 0.239 e. The highest BCUT2D eigenvalue weighted by Gasteiger charge is 2.28. The molecule has 0 aliphatic carbocycles. The summed E-state index contributed by atoms with van der Waals surface area (Å²) < 4.78 is 26.5. The largest absolute Gasteiger partial charge is 0.326 e. The molecule has 3 aromatic carbocycles. The second-order valence-electron chi connectivity index (χ2n) is 8.42. The van der Waals surface area contributed by atoms with E-state index in [1.807, 2.05) is 0 Å². The van der Waals surface area contributed by atoms with Gasteiger partial charge in [0.15, 0.2) is 5.78 Å². The minimum atomic E-state index is -1.19. The lowest BCUT2D eigenvalue weighted by molar-refractivity contribution is -0.127. The Bertz CT molecular complexity index is 1160. The Labute approximate surface area is 207 Å². The Hall–Kier alpha value is -4.20. The molecule has 1 atom stereocenters. The normalized spacial score (nSPS) is 11.4. The van der Waals surface area contributed by atoms with Crippen LogP contribution in [0.25, 0.3) is 0 Å². The quantitative estimate of drug-likeness (QED) is 0.360. The number of nitrogens with one attached hydrogen (secondary N) is 2. The number of carbonyl (C=O) groups is 4. The average Bonchev–Trinajstić information content (AvgIpc) is 2.83. The van der Waals surface area contributed by atoms with Gasteiger partial charge in [0.05, 0.1) is 0 Å². The van der Waals surface area contributed by atoms with E-state index in [4.69, 9.17) is 0 Å². The fourth-order valence-corrected chi connectivity index (χ4v) is 3.62. The molecule has 0 aliphatic heterocycles. The van der Waals surface area contributed by atoms with Gasteiger partial charge in [0.1, 0.15) is 23.3 Å². The van der Waals surface area contributed by atoms with Gasteiger partial charge in [-0.2, -0.15) is 0 Å². The predicted octanol–water partition coefficient (Wildman–Crippen LogP) is 5.20. The fourth-order valence-electron chi connectivity index (χ4n) is 3.62. The van der Waals surface area contributed by atoms with Crippen LogP contribution in [0.15, 0.2) is 72.8 Å². The number of Topliss-reactive ketones (excluding diaryl/α,β-unsaturated/α-hetero) is 2. The highest BCUT2D eigenvalue weighted by atomic mass is 19.1. The van der Waals surface area contributed by atoms with Crippen LogP contribution >= 0.6 is 0 Å². The molecule has 0 saturated carbocycles. The van der Waals surface area contributed by atoms with Crippen LogP contribution in [-0.4, -0.2) is 23.4 Å². The second-order valence-corrected chi connectivity index (χ2v) is 8.42. The number of amides is 2. The van der Waals surface area contributed by atoms with Crippen molar-refractivity contribution in [3.8, 4) is 0 Å². The van der Waals surface area contributed by atoms with Gasteiger partial charge >= 0.3 is 0 Å². The Morgan fingerprint density at radius 3 is 1.83 bits per heavy atom. The van der Waals surface area contributed by atoms with Crippen LogP contribution in [0.4, 0.5) is 20.2 Å². The van der Waals surface area contributed by atoms with Crippen molar-refractivity contribution in [1.82, 2.24) is 0 Å². The topological polar surface area (TPSA) is 92.3 Å². The van der Waals surface area contributed by atoms with E-state index in [0.717, 1.165) is 0 Å². The molecular formula is C28H26F2N2O4. The molecule has 0 fully saturated rings. The van der Waals surface area contributed by atoms with Gasteiger partial charge in [-0.1, -0.05) is 24.3 Å². The van der Waals surface area contributed by atoms with Crippen LogP contribution in [0.3, 0.4) is 0 Å². The summed E-state index contributed by atoms with van der Waals surface area (Å²) in [7, 11) is 0. The van der Waals surface area contributed by atoms with Crippen molar-refractivity contribution in [2.75, 3.05) is 10.6 Å². The van der Waals surface area contributed by atoms with E-state index in [2.05, 4.69) is 10.6 Å². The lowest BCUT2D eigenvalue weighted by Gasteiger charge is -2.17. The maximum atomic E-state index is 13.3. The molecule has 0 heterocycles. The average molecular weight is 493 g/mol. The highest BCUT2D eigenvalue weighted by Crippen LogP contribution is 2.24. The molecule has 0 saturated heterocycles. The van der Waals surface area contributed by atoms with Crippen molar-refractivity contribution in [3.63, 3.8) is 0 Å². The number of carbonyl (C=O) groups excluding carboxylic acids is 4. The molecule has 0 bridgehead atoms. The molecule has 0 radical (unpaired) electrons. The zero-order valence-electron chi connectivity index (χ0n) is 19.7. The van der Waals surface area contributed by atoms with Gasteiger partial charge < -0.3 is 15.4 Å². The van der Waals surface area contributed by atoms with Gasteiger partial charge in [-0.15, -0.1) is 0 Å². The Kier molecular flexibility index (Phi) is 9.16. The molecular weight excluding hydrogens is 466 g/mol. The second kappa shape index (κ2) is 12.5. The molecule has 0 spiro atoms. The summed E-state index contributed by atoms with van der Waals surface area (Å²) >= 11 is 0. The summed E-state index contributed by atoms with van der Waals surface area (Å²) in [4.78, 5) is 49.5. The summed E-state index contributed by atoms with van der Waals surface area (Å²) in [6, 6.07) is 16.9. The van der Waals surface area contributed by atoms with Crippen molar-refractivity contribution < 1.29 is 28.0 Å². The molecule has 6 nitrogen and oxygen atoms in total. The first-order valence-corrected chi connectivity index (χ1v) is 11.4. The van der Waals surface area contributed by atoms with E-state index >= 15 is 0 Å². The third-order valence-electron chi connectivity index (χ3n) is 5.45. The predicted molar refractivity (Wildman–Crippen MR) is 132 cm³/mol. The number of benzene rings is 3. The van der Waals surface area contributed by atoms with E-state index in [1.54, 1.807) is 24.3 Å². The van der Waals surface area contributed by atoms with Crippen LogP contribution in [0.1, 0.15) is 43.2 Å². The van der Waals surface area contributed by atoms with Crippen molar-refractivity contribution in [2.24, 2.45) is 0 Å². The first kappa shape index (κ1) is 26.4. The third kappa shape index (κ3) is 7.94. The SMILES string of the molecule is CC(=O)CCCC(=O)Nc1ccc(C(C(=O)Cc2ccc(F)cc2)C(=O)Nc2ccc(F)cc2)cc1. The number of anilines is 2. The van der Waals surface area contributed by atoms with Gasteiger partial charge in [0, 0.05) is 30.6 Å². The van der Waals surface area contributed by atoms with Crippen molar-refractivity contribution in [1.29, 1.82) is 0 Å². The maximum Gasteiger partial charge on any atom is 0.239 e. The van der Waals surface area contributed by atoms with E-state index in [-0.39, 0.29) is 24.5 Å². The third-order valence-corrected chi connectivity index (χ3v) is 5.45. The standard InChI is InChI=1S/C28H26F2N2O4/c1-18(33)3-2-4-26(35)31-23-13-7-20(8-14-23)27(25(34)17-19-5-9-21(29)10-6-19)28(36)32-24-15-11-22(30)12-16-24/h5-16,27H,2-4,17H2,1H3,(H,31,35)(H,32,36). The van der Waals surface area contributed by atoms with E-state index in [1.165, 1.54) is 55.5 Å². The van der Waals surface area contributed by atoms with Crippen LogP contribution < -0.4 is 10.6 Å². The van der Waals surface area contributed by atoms with E-state index < -0.39 is 29.2 Å². The van der Waals surface area contributed by atoms with Gasteiger partial charge in [-0.05, 0) is 73.0 Å². The molecule has 36 heavy (non-hydrogen) atoms. The number of rotatable bonds is 11. The van der Waals surface area contributed by atoms with E-state index in [9.17, 15) is 28.0 Å². The Morgan fingerprint density at radius 1 is 0.722 bits per heavy atom. The summed E-state index contributed by atoms with van der Waals surface area (Å²) in [5.41, 5.74) is 1.76. The molecule has 2 amide bonds. The zero-order chi connectivity index (χ0) is 26.1. The molecule has 2 N–H and O–H groups in total. The maximum absolute atomic E-state index is 13.3. The lowest BCUT2D eigenvalue weighted by Crippen LogP contribution is -2.29. The first-order chi connectivity index (χ1) is 17.2. The van der Waals surface area contributed by atoms with E-state index in [0.29, 0.717) is 35.3 Å².